The fraction of sp³-hybridized carbons (Fsp3) is 0.786. The van der Waals surface area contributed by atoms with Crippen molar-refractivity contribution in [3.05, 3.63) is 12.2 Å². The zero-order valence-electron chi connectivity index (χ0n) is 10.9. The van der Waals surface area contributed by atoms with E-state index < -0.39 is 5.60 Å². The minimum absolute atomic E-state index is 0.0449. The highest BCUT2D eigenvalue weighted by molar-refractivity contribution is 5.70. The molecule has 0 heterocycles. The van der Waals surface area contributed by atoms with Gasteiger partial charge in [-0.25, -0.2) is 0 Å². The monoisotopic (exact) mass is 240 g/mol. The van der Waals surface area contributed by atoms with Gasteiger partial charge in [-0.1, -0.05) is 38.3 Å². The average Bonchev–Trinajstić information content (AvgIpc) is 2.37. The van der Waals surface area contributed by atoms with Gasteiger partial charge in [0.2, 0.25) is 0 Å². The molecule has 17 heavy (non-hydrogen) atoms. The third-order valence-electron chi connectivity index (χ3n) is 3.62. The Balaban J connectivity index is 2.53. The number of carbonyl (C=O) groups is 1. The van der Waals surface area contributed by atoms with Crippen molar-refractivity contribution < 1.29 is 14.6 Å². The van der Waals surface area contributed by atoms with Crippen molar-refractivity contribution in [3.63, 3.8) is 0 Å². The van der Waals surface area contributed by atoms with Crippen LogP contribution >= 0.6 is 0 Å². The zero-order valence-corrected chi connectivity index (χ0v) is 10.9. The maximum Gasteiger partial charge on any atom is 0.308 e. The molecule has 0 bridgehead atoms. The molecule has 1 aliphatic carbocycles. The van der Waals surface area contributed by atoms with Gasteiger partial charge in [-0.05, 0) is 25.2 Å². The van der Waals surface area contributed by atoms with E-state index in [2.05, 4.69) is 10.8 Å². The summed E-state index contributed by atoms with van der Waals surface area (Å²) in [5, 5.41) is 10.3. The molecule has 1 unspecified atom stereocenters. The minimum Gasteiger partial charge on any atom is -0.469 e. The third-order valence-corrected chi connectivity index (χ3v) is 3.62. The van der Waals surface area contributed by atoms with Crippen LogP contribution in [0, 0.1) is 5.92 Å². The summed E-state index contributed by atoms with van der Waals surface area (Å²) < 4.78 is 4.61. The second-order valence-corrected chi connectivity index (χ2v) is 4.97. The Morgan fingerprint density at radius 2 is 2.06 bits per heavy atom. The molecule has 98 valence electrons. The van der Waals surface area contributed by atoms with E-state index in [9.17, 15) is 9.90 Å². The molecular formula is C14H24O3. The maximum atomic E-state index is 11.2. The number of hydrogen-bond donors (Lipinski definition) is 1. The van der Waals surface area contributed by atoms with Crippen LogP contribution in [0.25, 0.3) is 0 Å². The van der Waals surface area contributed by atoms with Crippen molar-refractivity contribution in [2.24, 2.45) is 5.92 Å². The molecule has 0 saturated heterocycles. The van der Waals surface area contributed by atoms with E-state index in [1.165, 1.54) is 39.2 Å². The smallest absolute Gasteiger partial charge is 0.308 e. The molecule has 3 heteroatoms. The van der Waals surface area contributed by atoms with Gasteiger partial charge in [-0.3, -0.25) is 4.79 Å². The van der Waals surface area contributed by atoms with Gasteiger partial charge in [0.15, 0.2) is 0 Å². The topological polar surface area (TPSA) is 46.5 Å². The Hall–Kier alpha value is -0.830. The van der Waals surface area contributed by atoms with Crippen molar-refractivity contribution in [2.75, 3.05) is 7.11 Å². The lowest BCUT2D eigenvalue weighted by Crippen LogP contribution is -2.29. The van der Waals surface area contributed by atoms with Crippen molar-refractivity contribution >= 4 is 5.97 Å². The molecule has 1 aliphatic rings. The van der Waals surface area contributed by atoms with Crippen molar-refractivity contribution in [2.45, 2.75) is 57.5 Å². The summed E-state index contributed by atoms with van der Waals surface area (Å²) in [7, 11) is 1.35. The number of esters is 1. The Morgan fingerprint density at radius 3 is 2.59 bits per heavy atom. The van der Waals surface area contributed by atoms with E-state index in [1.807, 2.05) is 6.92 Å². The van der Waals surface area contributed by atoms with Crippen LogP contribution in [0.15, 0.2) is 12.2 Å². The van der Waals surface area contributed by atoms with Gasteiger partial charge in [0, 0.05) is 0 Å². The highest BCUT2D eigenvalue weighted by Crippen LogP contribution is 2.26. The molecule has 3 nitrogen and oxygen atoms in total. The number of ether oxygens (including phenoxy) is 1. The molecule has 1 N–H and O–H groups in total. The van der Waals surface area contributed by atoms with Crippen molar-refractivity contribution in [1.82, 2.24) is 0 Å². The molecule has 0 spiro atoms. The maximum absolute atomic E-state index is 11.2. The molecule has 1 rings (SSSR count). The average molecular weight is 240 g/mol. The largest absolute Gasteiger partial charge is 0.469 e. The van der Waals surface area contributed by atoms with E-state index in [4.69, 9.17) is 0 Å². The SMILES string of the molecule is CCC(O)(/C=C/C1CCCCC1)CC(=O)OC. The molecule has 0 aromatic heterocycles. The summed E-state index contributed by atoms with van der Waals surface area (Å²) in [5.74, 6) is 0.210. The fourth-order valence-corrected chi connectivity index (χ4v) is 2.27. The predicted octanol–water partition coefficient (Wildman–Crippen LogP) is 2.83. The predicted molar refractivity (Wildman–Crippen MR) is 67.6 cm³/mol. The standard InChI is InChI=1S/C14H24O3/c1-3-14(16,11-13(15)17-2)10-9-12-7-5-4-6-8-12/h9-10,12,16H,3-8,11H2,1-2H3/b10-9+. The fourth-order valence-electron chi connectivity index (χ4n) is 2.27. The van der Waals surface area contributed by atoms with Gasteiger partial charge >= 0.3 is 5.97 Å². The molecule has 0 aromatic rings. The van der Waals surface area contributed by atoms with Gasteiger partial charge in [-0.15, -0.1) is 0 Å². The molecule has 0 aliphatic heterocycles. The molecule has 1 atom stereocenters. The number of methoxy groups -OCH3 is 1. The highest BCUT2D eigenvalue weighted by Gasteiger charge is 2.26. The van der Waals surface area contributed by atoms with Gasteiger partial charge in [0.1, 0.15) is 0 Å². The van der Waals surface area contributed by atoms with Crippen LogP contribution in [0.1, 0.15) is 51.9 Å². The third kappa shape index (κ3) is 4.90. The summed E-state index contributed by atoms with van der Waals surface area (Å²) in [6, 6.07) is 0. The number of hydrogen-bond acceptors (Lipinski definition) is 3. The summed E-state index contributed by atoms with van der Waals surface area (Å²) in [6.45, 7) is 1.88. The summed E-state index contributed by atoms with van der Waals surface area (Å²) in [5.41, 5.74) is -1.04. The van der Waals surface area contributed by atoms with Gasteiger partial charge in [-0.2, -0.15) is 0 Å². The first-order chi connectivity index (χ1) is 8.09. The molecular weight excluding hydrogens is 216 g/mol. The number of aliphatic hydroxyl groups is 1. The molecule has 0 amide bonds. The van der Waals surface area contributed by atoms with Crippen LogP contribution in [0.2, 0.25) is 0 Å². The molecule has 1 fully saturated rings. The lowest BCUT2D eigenvalue weighted by molar-refractivity contribution is -0.144. The second-order valence-electron chi connectivity index (χ2n) is 4.97. The molecule has 1 saturated carbocycles. The van der Waals surface area contributed by atoms with E-state index in [-0.39, 0.29) is 12.4 Å². The Bertz CT molecular complexity index is 267. The number of rotatable bonds is 5. The normalized spacial score (nSPS) is 21.4. The Kier molecular flexibility index (Phi) is 5.69. The van der Waals surface area contributed by atoms with Crippen LogP contribution in [0.3, 0.4) is 0 Å². The lowest BCUT2D eigenvalue weighted by atomic mass is 9.86. The van der Waals surface area contributed by atoms with E-state index in [1.54, 1.807) is 6.08 Å². The zero-order chi connectivity index (χ0) is 12.7. The van der Waals surface area contributed by atoms with Crippen LogP contribution in [-0.2, 0) is 9.53 Å². The van der Waals surface area contributed by atoms with Gasteiger partial charge in [0.25, 0.3) is 0 Å². The van der Waals surface area contributed by atoms with Crippen LogP contribution in [-0.4, -0.2) is 23.8 Å². The van der Waals surface area contributed by atoms with Crippen LogP contribution in [0.5, 0.6) is 0 Å². The number of carbonyl (C=O) groups excluding carboxylic acids is 1. The highest BCUT2D eigenvalue weighted by atomic mass is 16.5. The molecule has 0 aromatic carbocycles. The summed E-state index contributed by atoms with van der Waals surface area (Å²) >= 11 is 0. The van der Waals surface area contributed by atoms with Gasteiger partial charge < -0.3 is 9.84 Å². The van der Waals surface area contributed by atoms with E-state index >= 15 is 0 Å². The van der Waals surface area contributed by atoms with E-state index in [0.29, 0.717) is 12.3 Å². The number of allylic oxidation sites excluding steroid dienone is 1. The Labute approximate surface area is 104 Å². The first-order valence-corrected chi connectivity index (χ1v) is 6.58. The summed E-state index contributed by atoms with van der Waals surface area (Å²) in [4.78, 5) is 11.2. The first kappa shape index (κ1) is 14.2. The Morgan fingerprint density at radius 1 is 1.41 bits per heavy atom. The molecule has 0 radical (unpaired) electrons. The van der Waals surface area contributed by atoms with Crippen LogP contribution < -0.4 is 0 Å². The van der Waals surface area contributed by atoms with E-state index in [0.717, 1.165) is 0 Å². The second kappa shape index (κ2) is 6.80. The van der Waals surface area contributed by atoms with Crippen LogP contribution in [0.4, 0.5) is 0 Å². The van der Waals surface area contributed by atoms with Gasteiger partial charge in [0.05, 0.1) is 19.1 Å². The minimum atomic E-state index is -1.04. The summed E-state index contributed by atoms with van der Waals surface area (Å²) in [6.07, 6.45) is 10.8. The van der Waals surface area contributed by atoms with Crippen molar-refractivity contribution in [1.29, 1.82) is 0 Å². The quantitative estimate of drug-likeness (QED) is 0.593. The van der Waals surface area contributed by atoms with Crippen molar-refractivity contribution in [3.8, 4) is 0 Å². The first-order valence-electron chi connectivity index (χ1n) is 6.58. The lowest BCUT2D eigenvalue weighted by Gasteiger charge is -2.24.